The molecule has 1 aromatic heterocycles. The molecule has 172 valence electrons. The van der Waals surface area contributed by atoms with Crippen molar-refractivity contribution in [2.45, 2.75) is 12.6 Å². The molecule has 0 radical (unpaired) electrons. The van der Waals surface area contributed by atoms with Gasteiger partial charge in [0.25, 0.3) is 0 Å². The van der Waals surface area contributed by atoms with Crippen molar-refractivity contribution in [3.8, 4) is 5.75 Å². The highest BCUT2D eigenvalue weighted by Crippen LogP contribution is 2.32. The molecule has 0 fully saturated rings. The van der Waals surface area contributed by atoms with E-state index in [1.54, 1.807) is 29.7 Å². The molecule has 33 heavy (non-hydrogen) atoms. The summed E-state index contributed by atoms with van der Waals surface area (Å²) in [4.78, 5) is 16.3. The van der Waals surface area contributed by atoms with Crippen LogP contribution in [0.2, 0.25) is 5.02 Å². The molecule has 0 unspecified atom stereocenters. The number of nitrogens with zero attached hydrogens (tertiary/aromatic N) is 2. The highest BCUT2D eigenvalue weighted by Gasteiger charge is 2.30. The average Bonchev–Trinajstić information content (AvgIpc) is 3.19. The molecule has 0 atom stereocenters. The second-order valence-electron chi connectivity index (χ2n) is 6.61. The Balaban J connectivity index is 1.53. The third kappa shape index (κ3) is 7.33. The van der Waals surface area contributed by atoms with Crippen molar-refractivity contribution in [3.63, 3.8) is 0 Å². The number of thiazole rings is 1. The molecule has 6 nitrogen and oxygen atoms in total. The third-order valence-corrected chi connectivity index (χ3v) is 5.15. The van der Waals surface area contributed by atoms with Gasteiger partial charge in [0.1, 0.15) is 12.4 Å². The van der Waals surface area contributed by atoms with Crippen molar-refractivity contribution in [1.82, 2.24) is 10.4 Å². The Morgan fingerprint density at radius 3 is 2.82 bits per heavy atom. The van der Waals surface area contributed by atoms with Crippen LogP contribution in [-0.2, 0) is 17.4 Å². The van der Waals surface area contributed by atoms with Crippen LogP contribution in [0.1, 0.15) is 16.8 Å². The molecule has 11 heteroatoms. The Hall–Kier alpha value is -3.37. The summed E-state index contributed by atoms with van der Waals surface area (Å²) >= 11 is 7.30. The van der Waals surface area contributed by atoms with Gasteiger partial charge in [-0.25, -0.2) is 10.4 Å². The molecule has 0 bridgehead atoms. The maximum Gasteiger partial charge on any atom is 0.416 e. The highest BCUT2D eigenvalue weighted by molar-refractivity contribution is 7.13. The van der Waals surface area contributed by atoms with Crippen molar-refractivity contribution in [2.75, 3.05) is 11.9 Å². The predicted molar refractivity (Wildman–Crippen MR) is 123 cm³/mol. The largest absolute Gasteiger partial charge is 0.488 e. The number of ether oxygens (including phenoxy) is 1. The maximum atomic E-state index is 12.8. The van der Waals surface area contributed by atoms with Gasteiger partial charge in [-0.2, -0.15) is 18.3 Å². The van der Waals surface area contributed by atoms with Crippen LogP contribution in [0.15, 0.2) is 65.6 Å². The topological polar surface area (TPSA) is 75.6 Å². The van der Waals surface area contributed by atoms with Crippen LogP contribution in [0, 0.1) is 0 Å². The van der Waals surface area contributed by atoms with E-state index in [-0.39, 0.29) is 12.1 Å². The van der Waals surface area contributed by atoms with Gasteiger partial charge in [0, 0.05) is 11.1 Å². The number of hydrogen-bond acceptors (Lipinski definition) is 6. The first-order valence-corrected chi connectivity index (χ1v) is 10.7. The molecular formula is C22H18ClF3N4O2S. The molecule has 1 amide bonds. The zero-order chi connectivity index (χ0) is 23.8. The Kier molecular flexibility index (Phi) is 8.07. The molecule has 0 aliphatic rings. The quantitative estimate of drug-likeness (QED) is 0.223. The molecule has 0 saturated carbocycles. The Labute approximate surface area is 196 Å². The second-order valence-corrected chi connectivity index (χ2v) is 7.87. The van der Waals surface area contributed by atoms with Gasteiger partial charge in [0.05, 0.1) is 28.9 Å². The van der Waals surface area contributed by atoms with Gasteiger partial charge in [-0.1, -0.05) is 30.3 Å². The van der Waals surface area contributed by atoms with E-state index in [1.807, 2.05) is 0 Å². The Morgan fingerprint density at radius 2 is 2.09 bits per heavy atom. The first-order valence-electron chi connectivity index (χ1n) is 9.48. The number of halogens is 4. The van der Waals surface area contributed by atoms with Crippen LogP contribution < -0.4 is 15.5 Å². The van der Waals surface area contributed by atoms with Crippen LogP contribution in [0.3, 0.4) is 0 Å². The maximum absolute atomic E-state index is 12.8. The number of hydrazone groups is 1. The van der Waals surface area contributed by atoms with E-state index in [2.05, 4.69) is 27.4 Å². The minimum atomic E-state index is -4.43. The number of alkyl halides is 3. The molecule has 2 N–H and O–H groups in total. The van der Waals surface area contributed by atoms with Crippen molar-refractivity contribution in [2.24, 2.45) is 5.10 Å². The lowest BCUT2D eigenvalue weighted by Crippen LogP contribution is -2.19. The summed E-state index contributed by atoms with van der Waals surface area (Å²) < 4.78 is 43.9. The number of carbonyl (C=O) groups excluding carboxylic acids is 1. The molecule has 2 aromatic carbocycles. The minimum absolute atomic E-state index is 0.0484. The minimum Gasteiger partial charge on any atom is -0.488 e. The van der Waals surface area contributed by atoms with E-state index in [0.29, 0.717) is 33.8 Å². The Bertz CT molecular complexity index is 1160. The zero-order valence-corrected chi connectivity index (χ0v) is 18.6. The molecule has 0 aliphatic carbocycles. The van der Waals surface area contributed by atoms with Gasteiger partial charge in [-0.15, -0.1) is 11.3 Å². The zero-order valence-electron chi connectivity index (χ0n) is 17.0. The summed E-state index contributed by atoms with van der Waals surface area (Å²) in [5.41, 5.74) is 2.99. The molecule has 1 heterocycles. The lowest BCUT2D eigenvalue weighted by Gasteiger charge is -2.08. The van der Waals surface area contributed by atoms with Gasteiger partial charge < -0.3 is 10.1 Å². The SMILES string of the molecule is C=CCOc1ccc(C=NNC(=O)Cc2csc(Nc3cccc(C(F)(F)F)c3)n2)cc1Cl. The number of benzene rings is 2. The summed E-state index contributed by atoms with van der Waals surface area (Å²) in [6.45, 7) is 3.90. The van der Waals surface area contributed by atoms with E-state index >= 15 is 0 Å². The Morgan fingerprint density at radius 1 is 1.27 bits per heavy atom. The fourth-order valence-electron chi connectivity index (χ4n) is 2.59. The van der Waals surface area contributed by atoms with E-state index in [4.69, 9.17) is 16.3 Å². The normalized spacial score (nSPS) is 11.4. The van der Waals surface area contributed by atoms with Crippen LogP contribution in [0.4, 0.5) is 24.0 Å². The molecule has 0 spiro atoms. The number of aromatic nitrogens is 1. The van der Waals surface area contributed by atoms with Gasteiger partial charge in [0.15, 0.2) is 5.13 Å². The number of rotatable bonds is 9. The number of carbonyl (C=O) groups is 1. The van der Waals surface area contributed by atoms with Gasteiger partial charge in [-0.3, -0.25) is 4.79 Å². The fraction of sp³-hybridized carbons (Fsp3) is 0.136. The smallest absolute Gasteiger partial charge is 0.416 e. The second kappa shape index (κ2) is 11.0. The average molecular weight is 495 g/mol. The van der Waals surface area contributed by atoms with Gasteiger partial charge in [0.2, 0.25) is 5.91 Å². The number of nitrogens with one attached hydrogen (secondary N) is 2. The third-order valence-electron chi connectivity index (χ3n) is 4.05. The molecule has 3 aromatic rings. The summed E-state index contributed by atoms with van der Waals surface area (Å²) in [5.74, 6) is 0.107. The first kappa shape index (κ1) is 24.3. The van der Waals surface area contributed by atoms with E-state index in [9.17, 15) is 18.0 Å². The molecular weight excluding hydrogens is 477 g/mol. The van der Waals surface area contributed by atoms with Crippen LogP contribution in [0.25, 0.3) is 0 Å². The molecule has 0 saturated heterocycles. The molecule has 3 rings (SSSR count). The fourth-order valence-corrected chi connectivity index (χ4v) is 3.56. The lowest BCUT2D eigenvalue weighted by molar-refractivity contribution is -0.137. The van der Waals surface area contributed by atoms with E-state index in [0.717, 1.165) is 12.1 Å². The standard InChI is InChI=1S/C22H18ClF3N4O2S/c1-2-8-32-19-7-6-14(9-18(19)23)12-27-30-20(31)11-17-13-33-21(29-17)28-16-5-3-4-15(10-16)22(24,25)26/h2-7,9-10,12-13H,1,8,11H2,(H,28,29)(H,30,31). The number of hydrogen-bond donors (Lipinski definition) is 2. The lowest BCUT2D eigenvalue weighted by atomic mass is 10.2. The van der Waals surface area contributed by atoms with Crippen molar-refractivity contribution in [3.05, 3.63) is 82.3 Å². The van der Waals surface area contributed by atoms with Crippen molar-refractivity contribution in [1.29, 1.82) is 0 Å². The first-order chi connectivity index (χ1) is 15.7. The summed E-state index contributed by atoms with van der Waals surface area (Å²) in [5, 5.41) is 9.11. The number of anilines is 2. The van der Waals surface area contributed by atoms with Gasteiger partial charge >= 0.3 is 6.18 Å². The van der Waals surface area contributed by atoms with E-state index in [1.165, 1.54) is 29.7 Å². The number of amides is 1. The van der Waals surface area contributed by atoms with E-state index < -0.39 is 17.6 Å². The van der Waals surface area contributed by atoms with Gasteiger partial charge in [-0.05, 0) is 42.0 Å². The van der Waals surface area contributed by atoms with Crippen LogP contribution in [0.5, 0.6) is 5.75 Å². The van der Waals surface area contributed by atoms with Crippen LogP contribution in [-0.4, -0.2) is 23.7 Å². The molecule has 0 aliphatic heterocycles. The summed E-state index contributed by atoms with van der Waals surface area (Å²) in [6, 6.07) is 9.84. The summed E-state index contributed by atoms with van der Waals surface area (Å²) in [7, 11) is 0. The highest BCUT2D eigenvalue weighted by atomic mass is 35.5. The van der Waals surface area contributed by atoms with Crippen molar-refractivity contribution < 1.29 is 22.7 Å². The van der Waals surface area contributed by atoms with Crippen LogP contribution >= 0.6 is 22.9 Å². The predicted octanol–water partition coefficient (Wildman–Crippen LogP) is 5.82. The summed E-state index contributed by atoms with van der Waals surface area (Å²) in [6.07, 6.45) is -1.44. The monoisotopic (exact) mass is 494 g/mol. The van der Waals surface area contributed by atoms with Crippen molar-refractivity contribution >= 4 is 45.9 Å².